The number of hydrogen-bond donors (Lipinski definition) is 2. The Kier molecular flexibility index (Phi) is 7.59. The first-order valence-corrected chi connectivity index (χ1v) is 8.72. The number of hydrogen-bond acceptors (Lipinski definition) is 4. The molecule has 0 aliphatic carbocycles. The van der Waals surface area contributed by atoms with Gasteiger partial charge in [0.15, 0.2) is 0 Å². The van der Waals surface area contributed by atoms with E-state index < -0.39 is 11.7 Å². The monoisotopic (exact) mass is 344 g/mol. The molecule has 0 saturated heterocycles. The lowest BCUT2D eigenvalue weighted by molar-refractivity contribution is -0.204. The molecule has 0 aliphatic rings. The van der Waals surface area contributed by atoms with Crippen LogP contribution in [0, 0.1) is 0 Å². The van der Waals surface area contributed by atoms with Crippen molar-refractivity contribution in [3.8, 4) is 0 Å². The first-order valence-electron chi connectivity index (χ1n) is 8.72. The Hall–Kier alpha value is -1.72. The smallest absolute Gasteiger partial charge is 0.120 e. The fraction of sp³-hybridized carbons (Fsp3) is 0.429. The molecule has 2 N–H and O–H groups in total. The number of aliphatic hydroxyl groups excluding tert-OH is 2. The zero-order valence-corrected chi connectivity index (χ0v) is 15.0. The largest absolute Gasteiger partial charge is 0.394 e. The lowest BCUT2D eigenvalue weighted by Gasteiger charge is -2.40. The normalized spacial score (nSPS) is 16.2. The van der Waals surface area contributed by atoms with E-state index in [1.54, 1.807) is 6.92 Å². The van der Waals surface area contributed by atoms with Gasteiger partial charge in [-0.1, -0.05) is 67.6 Å². The standard InChI is InChI=1S/C21H28O4/c1-3-20(24-15-17-10-6-4-7-11-17)21(2,19(23)14-22)25-16-18-12-8-5-9-13-18/h4-13,19-20,22-23H,3,14-16H2,1-2H3/t19-,20-,21-/m1/s1. The van der Waals surface area contributed by atoms with Crippen LogP contribution in [0.2, 0.25) is 0 Å². The summed E-state index contributed by atoms with van der Waals surface area (Å²) in [6.45, 7) is 4.19. The predicted octanol–water partition coefficient (Wildman–Crippen LogP) is 3.31. The van der Waals surface area contributed by atoms with Gasteiger partial charge in [-0.3, -0.25) is 0 Å². The lowest BCUT2D eigenvalue weighted by atomic mass is 9.90. The van der Waals surface area contributed by atoms with Crippen molar-refractivity contribution in [3.05, 3.63) is 71.8 Å². The molecule has 2 aromatic rings. The Balaban J connectivity index is 2.08. The van der Waals surface area contributed by atoms with Gasteiger partial charge in [0.25, 0.3) is 0 Å². The molecule has 0 fully saturated rings. The number of rotatable bonds is 10. The maximum Gasteiger partial charge on any atom is 0.120 e. The van der Waals surface area contributed by atoms with Crippen LogP contribution in [0.5, 0.6) is 0 Å². The van der Waals surface area contributed by atoms with Gasteiger partial charge in [-0.2, -0.15) is 0 Å². The zero-order valence-electron chi connectivity index (χ0n) is 15.0. The molecular weight excluding hydrogens is 316 g/mol. The molecule has 0 saturated carbocycles. The van der Waals surface area contributed by atoms with Crippen LogP contribution >= 0.6 is 0 Å². The second kappa shape index (κ2) is 9.68. The molecule has 136 valence electrons. The third kappa shape index (κ3) is 5.38. The van der Waals surface area contributed by atoms with Gasteiger partial charge < -0.3 is 19.7 Å². The van der Waals surface area contributed by atoms with E-state index in [2.05, 4.69) is 0 Å². The van der Waals surface area contributed by atoms with Crippen molar-refractivity contribution in [2.75, 3.05) is 6.61 Å². The Morgan fingerprint density at radius 2 is 1.44 bits per heavy atom. The van der Waals surface area contributed by atoms with Gasteiger partial charge in [0, 0.05) is 0 Å². The molecule has 0 radical (unpaired) electrons. The molecule has 0 aliphatic heterocycles. The molecule has 3 atom stereocenters. The highest BCUT2D eigenvalue weighted by Gasteiger charge is 2.42. The van der Waals surface area contributed by atoms with Gasteiger partial charge in [0.05, 0.1) is 25.9 Å². The molecule has 2 rings (SSSR count). The summed E-state index contributed by atoms with van der Waals surface area (Å²) in [6, 6.07) is 19.7. The summed E-state index contributed by atoms with van der Waals surface area (Å²) in [6.07, 6.45) is -0.717. The van der Waals surface area contributed by atoms with Crippen molar-refractivity contribution >= 4 is 0 Å². The van der Waals surface area contributed by atoms with Crippen molar-refractivity contribution in [2.24, 2.45) is 0 Å². The minimum atomic E-state index is -1.03. The van der Waals surface area contributed by atoms with Gasteiger partial charge in [0.1, 0.15) is 11.7 Å². The summed E-state index contributed by atoms with van der Waals surface area (Å²) < 4.78 is 12.1. The molecule has 4 nitrogen and oxygen atoms in total. The first kappa shape index (κ1) is 19.6. The van der Waals surface area contributed by atoms with E-state index in [-0.39, 0.29) is 12.7 Å². The number of ether oxygens (including phenoxy) is 2. The molecule has 0 unspecified atom stereocenters. The molecule has 0 spiro atoms. The first-order chi connectivity index (χ1) is 12.1. The summed E-state index contributed by atoms with van der Waals surface area (Å²) in [5.74, 6) is 0. The van der Waals surface area contributed by atoms with Crippen molar-refractivity contribution in [2.45, 2.75) is 51.3 Å². The molecule has 4 heteroatoms. The molecule has 0 heterocycles. The summed E-state index contributed by atoms with van der Waals surface area (Å²) in [5.41, 5.74) is 1.07. The Morgan fingerprint density at radius 3 is 1.92 bits per heavy atom. The summed E-state index contributed by atoms with van der Waals surface area (Å²) in [5, 5.41) is 19.9. The summed E-state index contributed by atoms with van der Waals surface area (Å²) in [4.78, 5) is 0. The summed E-state index contributed by atoms with van der Waals surface area (Å²) in [7, 11) is 0. The third-order valence-electron chi connectivity index (χ3n) is 4.53. The van der Waals surface area contributed by atoms with E-state index in [4.69, 9.17) is 9.47 Å². The van der Waals surface area contributed by atoms with Crippen LogP contribution in [0.1, 0.15) is 31.4 Å². The molecule has 0 aromatic heterocycles. The molecule has 0 amide bonds. The van der Waals surface area contributed by atoms with Gasteiger partial charge in [-0.05, 0) is 24.5 Å². The number of aliphatic hydroxyl groups is 2. The molecule has 25 heavy (non-hydrogen) atoms. The minimum absolute atomic E-state index is 0.347. The van der Waals surface area contributed by atoms with Gasteiger partial charge in [-0.15, -0.1) is 0 Å². The Labute approximate surface area is 150 Å². The average molecular weight is 344 g/mol. The quantitative estimate of drug-likeness (QED) is 0.694. The average Bonchev–Trinajstić information content (AvgIpc) is 2.67. The van der Waals surface area contributed by atoms with Crippen LogP contribution in [0.3, 0.4) is 0 Å². The van der Waals surface area contributed by atoms with Crippen LogP contribution in [0.25, 0.3) is 0 Å². The van der Waals surface area contributed by atoms with Crippen molar-refractivity contribution < 1.29 is 19.7 Å². The SMILES string of the molecule is CC[C@@H](OCc1ccccc1)[C@](C)(OCc1ccccc1)[C@H](O)CO. The van der Waals surface area contributed by atoms with Crippen molar-refractivity contribution in [1.82, 2.24) is 0 Å². The van der Waals surface area contributed by atoms with Crippen LogP contribution < -0.4 is 0 Å². The van der Waals surface area contributed by atoms with Crippen molar-refractivity contribution in [1.29, 1.82) is 0 Å². The lowest BCUT2D eigenvalue weighted by Crippen LogP contribution is -2.54. The highest BCUT2D eigenvalue weighted by Crippen LogP contribution is 2.28. The minimum Gasteiger partial charge on any atom is -0.394 e. The highest BCUT2D eigenvalue weighted by molar-refractivity contribution is 5.14. The maximum absolute atomic E-state index is 10.4. The van der Waals surface area contributed by atoms with Crippen LogP contribution in [-0.2, 0) is 22.7 Å². The van der Waals surface area contributed by atoms with E-state index in [0.717, 1.165) is 11.1 Å². The molecular formula is C21H28O4. The molecule has 0 bridgehead atoms. The van der Waals surface area contributed by atoms with Gasteiger partial charge >= 0.3 is 0 Å². The van der Waals surface area contributed by atoms with E-state index in [1.807, 2.05) is 67.6 Å². The second-order valence-electron chi connectivity index (χ2n) is 6.35. The maximum atomic E-state index is 10.4. The van der Waals surface area contributed by atoms with Crippen molar-refractivity contribution in [3.63, 3.8) is 0 Å². The predicted molar refractivity (Wildman–Crippen MR) is 98.0 cm³/mol. The van der Waals surface area contributed by atoms with Crippen LogP contribution in [0.4, 0.5) is 0 Å². The zero-order chi connectivity index (χ0) is 18.1. The van der Waals surface area contributed by atoms with Gasteiger partial charge in [-0.25, -0.2) is 0 Å². The Morgan fingerprint density at radius 1 is 0.920 bits per heavy atom. The third-order valence-corrected chi connectivity index (χ3v) is 4.53. The second-order valence-corrected chi connectivity index (χ2v) is 6.35. The fourth-order valence-electron chi connectivity index (χ4n) is 2.86. The Bertz CT molecular complexity index is 602. The summed E-state index contributed by atoms with van der Waals surface area (Å²) >= 11 is 0. The topological polar surface area (TPSA) is 58.9 Å². The number of benzene rings is 2. The van der Waals surface area contributed by atoms with Gasteiger partial charge in [0.2, 0.25) is 0 Å². The molecule has 2 aromatic carbocycles. The van der Waals surface area contributed by atoms with Crippen LogP contribution in [-0.4, -0.2) is 34.6 Å². The van der Waals surface area contributed by atoms with E-state index in [0.29, 0.717) is 19.6 Å². The van der Waals surface area contributed by atoms with E-state index in [9.17, 15) is 10.2 Å². The van der Waals surface area contributed by atoms with E-state index >= 15 is 0 Å². The fourth-order valence-corrected chi connectivity index (χ4v) is 2.86. The highest BCUT2D eigenvalue weighted by atomic mass is 16.6. The van der Waals surface area contributed by atoms with E-state index in [1.165, 1.54) is 0 Å². The van der Waals surface area contributed by atoms with Crippen LogP contribution in [0.15, 0.2) is 60.7 Å².